The van der Waals surface area contributed by atoms with Gasteiger partial charge < -0.3 is 15.8 Å². The van der Waals surface area contributed by atoms with Crippen molar-refractivity contribution in [2.24, 2.45) is 5.73 Å². The van der Waals surface area contributed by atoms with Gasteiger partial charge in [0.2, 0.25) is 5.91 Å². The minimum atomic E-state index is -0.504. The fourth-order valence-electron chi connectivity index (χ4n) is 1.11. The molecule has 0 saturated heterocycles. The normalized spacial score (nSPS) is 11.2. The molecule has 1 aromatic carbocycles. The molecular formula is C12H19ClN2O2. The number of hydrogen-bond donors (Lipinski definition) is 2. The first-order valence-electron chi connectivity index (χ1n) is 5.42. The molecule has 0 aliphatic heterocycles. The number of benzene rings is 1. The van der Waals surface area contributed by atoms with Crippen molar-refractivity contribution < 1.29 is 9.53 Å². The molecule has 5 heteroatoms. The largest absolute Gasteiger partial charge is 0.494 e. The molecule has 0 heterocycles. The summed E-state index contributed by atoms with van der Waals surface area (Å²) in [6, 6.07) is 6.74. The van der Waals surface area contributed by atoms with Crippen LogP contribution in [0.1, 0.15) is 20.3 Å². The van der Waals surface area contributed by atoms with Crippen molar-refractivity contribution in [2.45, 2.75) is 26.3 Å². The number of nitrogens with one attached hydrogen (secondary N) is 1. The first-order valence-corrected chi connectivity index (χ1v) is 5.42. The molecule has 0 radical (unpaired) electrons. The standard InChI is InChI=1S/C12H18N2O2.ClH/c1-3-8-16-11-6-4-10(5-7-11)14-12(15)9(2)13;/h4-7,9H,3,8,13H2,1-2H3,(H,14,15);1H/t9-;/m0./s1. The molecule has 0 bridgehead atoms. The van der Waals surface area contributed by atoms with Crippen LogP contribution in [0.5, 0.6) is 5.75 Å². The molecule has 0 spiro atoms. The summed E-state index contributed by atoms with van der Waals surface area (Å²) in [6.07, 6.45) is 0.975. The summed E-state index contributed by atoms with van der Waals surface area (Å²) in [5.74, 6) is 0.614. The molecule has 0 aromatic heterocycles. The average molecular weight is 259 g/mol. The predicted octanol–water partition coefficient (Wildman–Crippen LogP) is 2.18. The molecule has 1 atom stereocenters. The maximum atomic E-state index is 11.3. The molecule has 1 aromatic rings. The van der Waals surface area contributed by atoms with Gasteiger partial charge in [0.25, 0.3) is 0 Å². The fourth-order valence-corrected chi connectivity index (χ4v) is 1.11. The lowest BCUT2D eigenvalue weighted by atomic mass is 10.2. The summed E-state index contributed by atoms with van der Waals surface area (Å²) in [5.41, 5.74) is 6.17. The van der Waals surface area contributed by atoms with Crippen molar-refractivity contribution in [3.05, 3.63) is 24.3 Å². The third-order valence-electron chi connectivity index (χ3n) is 2.01. The van der Waals surface area contributed by atoms with Crippen LogP contribution in [0.2, 0.25) is 0 Å². The smallest absolute Gasteiger partial charge is 0.240 e. The van der Waals surface area contributed by atoms with Crippen LogP contribution < -0.4 is 15.8 Å². The van der Waals surface area contributed by atoms with E-state index in [4.69, 9.17) is 10.5 Å². The lowest BCUT2D eigenvalue weighted by Crippen LogP contribution is -2.32. The van der Waals surface area contributed by atoms with Gasteiger partial charge in [-0.3, -0.25) is 4.79 Å². The van der Waals surface area contributed by atoms with Crippen LogP contribution in [0, 0.1) is 0 Å². The van der Waals surface area contributed by atoms with Gasteiger partial charge in [-0.1, -0.05) is 6.92 Å². The lowest BCUT2D eigenvalue weighted by Gasteiger charge is -2.09. The second-order valence-electron chi connectivity index (χ2n) is 3.65. The fraction of sp³-hybridized carbons (Fsp3) is 0.417. The molecule has 96 valence electrons. The SMILES string of the molecule is CCCOc1ccc(NC(=O)[C@H](C)N)cc1.Cl. The van der Waals surface area contributed by atoms with Crippen LogP contribution >= 0.6 is 12.4 Å². The predicted molar refractivity (Wildman–Crippen MR) is 71.8 cm³/mol. The number of hydrogen-bond acceptors (Lipinski definition) is 3. The highest BCUT2D eigenvalue weighted by Crippen LogP contribution is 2.15. The lowest BCUT2D eigenvalue weighted by molar-refractivity contribution is -0.117. The number of carbonyl (C=O) groups excluding carboxylic acids is 1. The van der Waals surface area contributed by atoms with E-state index in [0.29, 0.717) is 6.61 Å². The van der Waals surface area contributed by atoms with Gasteiger partial charge in [-0.2, -0.15) is 0 Å². The van der Waals surface area contributed by atoms with Crippen LogP contribution in [0.3, 0.4) is 0 Å². The summed E-state index contributed by atoms with van der Waals surface area (Å²) in [7, 11) is 0. The summed E-state index contributed by atoms with van der Waals surface area (Å²) in [5, 5.41) is 2.71. The van der Waals surface area contributed by atoms with E-state index in [2.05, 4.69) is 12.2 Å². The van der Waals surface area contributed by atoms with Gasteiger partial charge in [0.1, 0.15) is 5.75 Å². The van der Waals surface area contributed by atoms with E-state index in [1.165, 1.54) is 0 Å². The van der Waals surface area contributed by atoms with Gasteiger partial charge in [-0.05, 0) is 37.6 Å². The van der Waals surface area contributed by atoms with Crippen molar-refractivity contribution in [2.75, 3.05) is 11.9 Å². The van der Waals surface area contributed by atoms with Gasteiger partial charge in [0, 0.05) is 5.69 Å². The number of anilines is 1. The van der Waals surface area contributed by atoms with Gasteiger partial charge >= 0.3 is 0 Å². The molecule has 1 amide bonds. The van der Waals surface area contributed by atoms with E-state index >= 15 is 0 Å². The first kappa shape index (κ1) is 15.7. The Morgan fingerprint density at radius 1 is 1.41 bits per heavy atom. The third kappa shape index (κ3) is 5.56. The van der Waals surface area contributed by atoms with Crippen LogP contribution in [-0.4, -0.2) is 18.6 Å². The first-order chi connectivity index (χ1) is 7.63. The van der Waals surface area contributed by atoms with Gasteiger partial charge in [0.15, 0.2) is 0 Å². The van der Waals surface area contributed by atoms with Crippen molar-refractivity contribution in [3.63, 3.8) is 0 Å². The zero-order chi connectivity index (χ0) is 12.0. The highest BCUT2D eigenvalue weighted by molar-refractivity contribution is 5.94. The molecule has 1 rings (SSSR count). The minimum absolute atomic E-state index is 0. The second kappa shape index (κ2) is 7.92. The van der Waals surface area contributed by atoms with E-state index < -0.39 is 6.04 Å². The summed E-state index contributed by atoms with van der Waals surface area (Å²) in [6.45, 7) is 4.40. The Morgan fingerprint density at radius 2 is 2.00 bits per heavy atom. The van der Waals surface area contributed by atoms with Crippen molar-refractivity contribution in [1.82, 2.24) is 0 Å². The molecule has 17 heavy (non-hydrogen) atoms. The number of halogens is 1. The Kier molecular flexibility index (Phi) is 7.34. The maximum Gasteiger partial charge on any atom is 0.240 e. The highest BCUT2D eigenvalue weighted by atomic mass is 35.5. The average Bonchev–Trinajstić information content (AvgIpc) is 2.28. The minimum Gasteiger partial charge on any atom is -0.494 e. The molecular weight excluding hydrogens is 240 g/mol. The summed E-state index contributed by atoms with van der Waals surface area (Å²) >= 11 is 0. The van der Waals surface area contributed by atoms with Crippen molar-refractivity contribution in [1.29, 1.82) is 0 Å². The van der Waals surface area contributed by atoms with Crippen molar-refractivity contribution in [3.8, 4) is 5.75 Å². The van der Waals surface area contributed by atoms with E-state index in [9.17, 15) is 4.79 Å². The van der Waals surface area contributed by atoms with Crippen molar-refractivity contribution >= 4 is 24.0 Å². The quantitative estimate of drug-likeness (QED) is 0.851. The van der Waals surface area contributed by atoms with Crippen LogP contribution in [0.25, 0.3) is 0 Å². The molecule has 0 aliphatic carbocycles. The molecule has 0 aliphatic rings. The van der Waals surface area contributed by atoms with Gasteiger partial charge in [-0.15, -0.1) is 12.4 Å². The topological polar surface area (TPSA) is 64.3 Å². The van der Waals surface area contributed by atoms with E-state index in [1.807, 2.05) is 12.1 Å². The van der Waals surface area contributed by atoms with Gasteiger partial charge in [0.05, 0.1) is 12.6 Å². The number of nitrogens with two attached hydrogens (primary N) is 1. The molecule has 3 N–H and O–H groups in total. The van der Waals surface area contributed by atoms with Crippen LogP contribution in [0.4, 0.5) is 5.69 Å². The Bertz CT molecular complexity index is 339. The second-order valence-corrected chi connectivity index (χ2v) is 3.65. The zero-order valence-corrected chi connectivity index (χ0v) is 10.9. The summed E-state index contributed by atoms with van der Waals surface area (Å²) < 4.78 is 5.43. The number of carbonyl (C=O) groups is 1. The van der Waals surface area contributed by atoms with Crippen LogP contribution in [0.15, 0.2) is 24.3 Å². The van der Waals surface area contributed by atoms with E-state index in [0.717, 1.165) is 17.9 Å². The Labute approximate surface area is 108 Å². The van der Waals surface area contributed by atoms with E-state index in [-0.39, 0.29) is 18.3 Å². The van der Waals surface area contributed by atoms with Gasteiger partial charge in [-0.25, -0.2) is 0 Å². The number of rotatable bonds is 5. The number of ether oxygens (including phenoxy) is 1. The summed E-state index contributed by atoms with van der Waals surface area (Å²) in [4.78, 5) is 11.3. The monoisotopic (exact) mass is 258 g/mol. The Hall–Kier alpha value is -1.26. The Morgan fingerprint density at radius 3 is 2.47 bits per heavy atom. The van der Waals surface area contributed by atoms with E-state index in [1.54, 1.807) is 19.1 Å². The van der Waals surface area contributed by atoms with Crippen LogP contribution in [-0.2, 0) is 4.79 Å². The Balaban J connectivity index is 0.00000256. The molecule has 0 unspecified atom stereocenters. The molecule has 0 fully saturated rings. The third-order valence-corrected chi connectivity index (χ3v) is 2.01. The number of amides is 1. The molecule has 4 nitrogen and oxygen atoms in total. The maximum absolute atomic E-state index is 11.3. The zero-order valence-electron chi connectivity index (χ0n) is 10.1. The highest BCUT2D eigenvalue weighted by Gasteiger charge is 2.06. The molecule has 0 saturated carbocycles.